The Kier molecular flexibility index (Phi) is 5.43. The van der Waals surface area contributed by atoms with Gasteiger partial charge in [-0.3, -0.25) is 9.80 Å². The van der Waals surface area contributed by atoms with E-state index in [4.69, 9.17) is 9.47 Å². The number of hydrogen-bond acceptors (Lipinski definition) is 7. The summed E-state index contributed by atoms with van der Waals surface area (Å²) >= 11 is 1.70. The summed E-state index contributed by atoms with van der Waals surface area (Å²) in [6.07, 6.45) is 0. The molecule has 0 bridgehead atoms. The topological polar surface area (TPSA) is 58.1 Å². The van der Waals surface area contributed by atoms with Crippen LogP contribution in [-0.4, -0.2) is 84.6 Å². The van der Waals surface area contributed by atoms with Crippen LogP contribution in [0.2, 0.25) is 0 Å². The molecule has 0 radical (unpaired) electrons. The maximum Gasteiger partial charge on any atom is 0.117 e. The first-order valence-electron chi connectivity index (χ1n) is 7.87. The molecule has 2 saturated heterocycles. The van der Waals surface area contributed by atoms with E-state index in [2.05, 4.69) is 20.2 Å². The van der Waals surface area contributed by atoms with Crippen LogP contribution in [0.25, 0.3) is 0 Å². The summed E-state index contributed by atoms with van der Waals surface area (Å²) in [5.74, 6) is 0. The number of aliphatic hydroxyl groups excluding tert-OH is 1. The molecule has 1 aromatic rings. The molecule has 1 unspecified atom stereocenters. The van der Waals surface area contributed by atoms with E-state index in [9.17, 15) is 5.11 Å². The monoisotopic (exact) mass is 327 g/mol. The van der Waals surface area contributed by atoms with Gasteiger partial charge in [-0.05, 0) is 6.92 Å². The lowest BCUT2D eigenvalue weighted by Gasteiger charge is -2.43. The van der Waals surface area contributed by atoms with Crippen LogP contribution in [0.4, 0.5) is 0 Å². The van der Waals surface area contributed by atoms with Crippen molar-refractivity contribution >= 4 is 11.3 Å². The summed E-state index contributed by atoms with van der Waals surface area (Å²) in [5, 5.41) is 12.4. The minimum absolute atomic E-state index is 0.193. The summed E-state index contributed by atoms with van der Waals surface area (Å²) in [6, 6.07) is 0. The number of nitrogens with zero attached hydrogens (tertiary/aromatic N) is 3. The molecule has 3 heterocycles. The van der Waals surface area contributed by atoms with Crippen molar-refractivity contribution in [1.29, 1.82) is 0 Å². The maximum absolute atomic E-state index is 9.18. The number of morpholine rings is 1. The number of rotatable bonds is 4. The number of aliphatic hydroxyl groups is 1. The van der Waals surface area contributed by atoms with Gasteiger partial charge >= 0.3 is 0 Å². The Bertz CT molecular complexity index is 482. The second-order valence-corrected chi connectivity index (χ2v) is 7.21. The van der Waals surface area contributed by atoms with Crippen LogP contribution in [0.5, 0.6) is 0 Å². The van der Waals surface area contributed by atoms with Gasteiger partial charge in [-0.15, -0.1) is 11.3 Å². The zero-order chi connectivity index (χ0) is 15.4. The van der Waals surface area contributed by atoms with Crippen LogP contribution in [0.3, 0.4) is 0 Å². The summed E-state index contributed by atoms with van der Waals surface area (Å²) in [6.45, 7) is 9.30. The smallest absolute Gasteiger partial charge is 0.117 e. The van der Waals surface area contributed by atoms with Crippen molar-refractivity contribution in [2.24, 2.45) is 0 Å². The van der Waals surface area contributed by atoms with E-state index in [1.54, 1.807) is 11.3 Å². The summed E-state index contributed by atoms with van der Waals surface area (Å²) in [4.78, 5) is 9.21. The van der Waals surface area contributed by atoms with E-state index in [1.807, 2.05) is 6.92 Å². The molecule has 2 fully saturated rings. The highest BCUT2D eigenvalue weighted by atomic mass is 32.1. The molecule has 3 rings (SSSR count). The second-order valence-electron chi connectivity index (χ2n) is 6.15. The predicted molar refractivity (Wildman–Crippen MR) is 85.2 cm³/mol. The van der Waals surface area contributed by atoms with Crippen molar-refractivity contribution < 1.29 is 14.6 Å². The molecule has 1 atom stereocenters. The lowest BCUT2D eigenvalue weighted by Crippen LogP contribution is -2.58. The van der Waals surface area contributed by atoms with Gasteiger partial charge in [-0.1, -0.05) is 0 Å². The Labute approximate surface area is 135 Å². The average Bonchev–Trinajstić information content (AvgIpc) is 2.79. The number of hydrogen-bond donors (Lipinski definition) is 1. The fourth-order valence-corrected chi connectivity index (χ4v) is 3.87. The minimum Gasteiger partial charge on any atom is -0.395 e. The van der Waals surface area contributed by atoms with E-state index in [-0.39, 0.29) is 12.2 Å². The van der Waals surface area contributed by atoms with Crippen molar-refractivity contribution in [2.45, 2.75) is 19.1 Å². The highest BCUT2D eigenvalue weighted by Gasteiger charge is 2.40. The van der Waals surface area contributed by atoms with Crippen molar-refractivity contribution in [3.05, 3.63) is 16.1 Å². The highest BCUT2D eigenvalue weighted by molar-refractivity contribution is 7.09. The van der Waals surface area contributed by atoms with Gasteiger partial charge in [0.2, 0.25) is 0 Å². The number of β-amino-alcohol motifs (C(OH)–C–C–N with tert-alkyl or cyclic N) is 1. The van der Waals surface area contributed by atoms with E-state index < -0.39 is 0 Å². The number of aryl methyl sites for hydroxylation is 1. The summed E-state index contributed by atoms with van der Waals surface area (Å²) in [7, 11) is 0. The van der Waals surface area contributed by atoms with Crippen LogP contribution in [0.1, 0.15) is 10.7 Å². The number of ether oxygens (including phenoxy) is 2. The zero-order valence-corrected chi connectivity index (χ0v) is 14.0. The molecule has 0 saturated carbocycles. The Hall–Kier alpha value is -0.570. The van der Waals surface area contributed by atoms with E-state index >= 15 is 0 Å². The molecule has 0 aromatic carbocycles. The minimum atomic E-state index is -0.283. The molecule has 1 aromatic heterocycles. The van der Waals surface area contributed by atoms with Gasteiger partial charge in [0, 0.05) is 44.6 Å². The molecule has 1 N–H and O–H groups in total. The lowest BCUT2D eigenvalue weighted by molar-refractivity contribution is -0.143. The molecule has 2 aliphatic heterocycles. The first-order valence-corrected chi connectivity index (χ1v) is 8.75. The number of thiazole rings is 1. The quantitative estimate of drug-likeness (QED) is 0.861. The highest BCUT2D eigenvalue weighted by Crippen LogP contribution is 2.23. The molecule has 124 valence electrons. The Balaban J connectivity index is 1.66. The first kappa shape index (κ1) is 16.3. The van der Waals surface area contributed by atoms with E-state index in [0.29, 0.717) is 19.8 Å². The summed E-state index contributed by atoms with van der Waals surface area (Å²) in [5.41, 5.74) is 0.845. The molecule has 7 heteroatoms. The molecule has 6 nitrogen and oxygen atoms in total. The fraction of sp³-hybridized carbons (Fsp3) is 0.800. The van der Waals surface area contributed by atoms with Crippen LogP contribution < -0.4 is 0 Å². The molecule has 0 aliphatic carbocycles. The Morgan fingerprint density at radius 1 is 1.32 bits per heavy atom. The van der Waals surface area contributed by atoms with Crippen LogP contribution >= 0.6 is 11.3 Å². The average molecular weight is 327 g/mol. The fourth-order valence-electron chi connectivity index (χ4n) is 3.27. The molecule has 0 amide bonds. The third kappa shape index (κ3) is 4.04. The van der Waals surface area contributed by atoms with Gasteiger partial charge in [0.1, 0.15) is 5.60 Å². The zero-order valence-electron chi connectivity index (χ0n) is 13.2. The normalized spacial score (nSPS) is 28.1. The van der Waals surface area contributed by atoms with Gasteiger partial charge in [-0.2, -0.15) is 0 Å². The van der Waals surface area contributed by atoms with Crippen LogP contribution in [-0.2, 0) is 16.0 Å². The van der Waals surface area contributed by atoms with Gasteiger partial charge < -0.3 is 14.6 Å². The van der Waals surface area contributed by atoms with Crippen molar-refractivity contribution in [3.63, 3.8) is 0 Å². The maximum atomic E-state index is 9.18. The van der Waals surface area contributed by atoms with Gasteiger partial charge in [0.25, 0.3) is 0 Å². The molecular formula is C15H25N3O3S. The summed E-state index contributed by atoms with van der Waals surface area (Å²) < 4.78 is 11.9. The van der Waals surface area contributed by atoms with Crippen LogP contribution in [0.15, 0.2) is 5.38 Å². The third-order valence-electron chi connectivity index (χ3n) is 4.22. The van der Waals surface area contributed by atoms with E-state index in [1.165, 1.54) is 0 Å². The molecule has 22 heavy (non-hydrogen) atoms. The Morgan fingerprint density at radius 2 is 2.14 bits per heavy atom. The SMILES string of the molecule is Cc1nc(CN2CCOCC3(CN(CCO)CCO3)C2)cs1. The predicted octanol–water partition coefficient (Wildman–Crippen LogP) is 0.347. The Morgan fingerprint density at radius 3 is 2.91 bits per heavy atom. The van der Waals surface area contributed by atoms with Crippen molar-refractivity contribution in [3.8, 4) is 0 Å². The number of aromatic nitrogens is 1. The van der Waals surface area contributed by atoms with Crippen molar-refractivity contribution in [1.82, 2.24) is 14.8 Å². The molecular weight excluding hydrogens is 302 g/mol. The lowest BCUT2D eigenvalue weighted by atomic mass is 10.0. The first-order chi connectivity index (χ1) is 10.7. The van der Waals surface area contributed by atoms with Crippen LogP contribution in [0, 0.1) is 6.92 Å². The third-order valence-corrected chi connectivity index (χ3v) is 5.05. The van der Waals surface area contributed by atoms with Crippen molar-refractivity contribution in [2.75, 3.05) is 59.2 Å². The largest absolute Gasteiger partial charge is 0.395 e. The second kappa shape index (κ2) is 7.33. The standard InChI is InChI=1S/C15H25N3O3S/c1-13-16-14(9-22-13)8-18-3-6-20-12-15(11-18)10-17(2-5-19)4-7-21-15/h9,19H,2-8,10-12H2,1H3. The van der Waals surface area contributed by atoms with Gasteiger partial charge in [-0.25, -0.2) is 4.98 Å². The molecule has 2 aliphatic rings. The van der Waals surface area contributed by atoms with Gasteiger partial charge in [0.15, 0.2) is 0 Å². The van der Waals surface area contributed by atoms with E-state index in [0.717, 1.165) is 50.0 Å². The molecule has 1 spiro atoms. The van der Waals surface area contributed by atoms with Gasteiger partial charge in [0.05, 0.1) is 37.1 Å².